The zero-order valence-electron chi connectivity index (χ0n) is 15.9. The van der Waals surface area contributed by atoms with Crippen molar-refractivity contribution in [3.8, 4) is 11.3 Å². The van der Waals surface area contributed by atoms with Gasteiger partial charge in [-0.2, -0.15) is 5.10 Å². The summed E-state index contributed by atoms with van der Waals surface area (Å²) in [5.41, 5.74) is 1.77. The number of hydrogen-bond donors (Lipinski definition) is 0. The SMILES string of the molecule is CC(=NOC(=O)c1cnn2c(C(F)F)cc(-c3ccccc3)nc12)c1ccccc1. The third-order valence-electron chi connectivity index (χ3n) is 4.47. The Morgan fingerprint density at radius 1 is 1.07 bits per heavy atom. The summed E-state index contributed by atoms with van der Waals surface area (Å²) in [6, 6.07) is 19.3. The van der Waals surface area contributed by atoms with Crippen LogP contribution in [0.25, 0.3) is 16.9 Å². The summed E-state index contributed by atoms with van der Waals surface area (Å²) < 4.78 is 28.2. The first-order valence-electron chi connectivity index (χ1n) is 9.08. The standard InChI is InChI=1S/C22H16F2N4O2/c1-14(15-8-4-2-5-9-15)27-30-22(29)17-13-25-28-19(20(23)24)12-18(26-21(17)28)16-10-6-3-7-11-16/h2-13,20H,1H3. The minimum atomic E-state index is -2.81. The third kappa shape index (κ3) is 3.80. The van der Waals surface area contributed by atoms with Crippen molar-refractivity contribution in [2.45, 2.75) is 13.3 Å². The minimum Gasteiger partial charge on any atom is -0.312 e. The Balaban J connectivity index is 1.72. The van der Waals surface area contributed by atoms with Gasteiger partial charge in [0.15, 0.2) is 5.65 Å². The highest BCUT2D eigenvalue weighted by molar-refractivity contribution is 6.00. The molecular formula is C22H16F2N4O2. The molecule has 0 spiro atoms. The topological polar surface area (TPSA) is 68.8 Å². The van der Waals surface area contributed by atoms with Crippen molar-refractivity contribution < 1.29 is 18.4 Å². The van der Waals surface area contributed by atoms with E-state index in [0.717, 1.165) is 16.3 Å². The lowest BCUT2D eigenvalue weighted by molar-refractivity contribution is 0.0518. The molecule has 0 radical (unpaired) electrons. The van der Waals surface area contributed by atoms with E-state index in [-0.39, 0.29) is 16.9 Å². The maximum atomic E-state index is 13.6. The van der Waals surface area contributed by atoms with Crippen molar-refractivity contribution in [2.24, 2.45) is 5.16 Å². The highest BCUT2D eigenvalue weighted by Crippen LogP contribution is 2.27. The predicted molar refractivity (Wildman–Crippen MR) is 107 cm³/mol. The van der Waals surface area contributed by atoms with E-state index in [2.05, 4.69) is 15.2 Å². The number of rotatable bonds is 5. The minimum absolute atomic E-state index is 0.0239. The quantitative estimate of drug-likeness (QED) is 0.268. The number of hydrogen-bond acceptors (Lipinski definition) is 5. The van der Waals surface area contributed by atoms with Gasteiger partial charge in [-0.15, -0.1) is 0 Å². The molecule has 0 fully saturated rings. The monoisotopic (exact) mass is 406 g/mol. The first-order chi connectivity index (χ1) is 14.5. The highest BCUT2D eigenvalue weighted by atomic mass is 19.3. The zero-order chi connectivity index (χ0) is 21.1. The maximum absolute atomic E-state index is 13.6. The zero-order valence-corrected chi connectivity index (χ0v) is 15.9. The van der Waals surface area contributed by atoms with Gasteiger partial charge in [-0.3, -0.25) is 0 Å². The smallest absolute Gasteiger partial charge is 0.312 e. The number of carbonyl (C=O) groups excluding carboxylic acids is 1. The number of nitrogens with zero attached hydrogens (tertiary/aromatic N) is 4. The number of benzene rings is 2. The van der Waals surface area contributed by atoms with Crippen molar-refractivity contribution in [2.75, 3.05) is 0 Å². The Labute approximate surface area is 170 Å². The molecule has 0 aliphatic heterocycles. The Hall–Kier alpha value is -3.94. The van der Waals surface area contributed by atoms with Gasteiger partial charge in [0, 0.05) is 5.56 Å². The Bertz CT molecular complexity index is 1220. The molecule has 0 bridgehead atoms. The lowest BCUT2D eigenvalue weighted by Gasteiger charge is -2.08. The van der Waals surface area contributed by atoms with Crippen LogP contribution in [-0.2, 0) is 4.84 Å². The molecule has 150 valence electrons. The number of carbonyl (C=O) groups is 1. The van der Waals surface area contributed by atoms with Gasteiger partial charge in [-0.05, 0) is 18.6 Å². The fraction of sp³-hybridized carbons (Fsp3) is 0.0909. The summed E-state index contributed by atoms with van der Waals surface area (Å²) in [6.07, 6.45) is -1.65. The first kappa shape index (κ1) is 19.4. The normalized spacial score (nSPS) is 11.8. The molecule has 0 saturated heterocycles. The summed E-state index contributed by atoms with van der Waals surface area (Å²) >= 11 is 0. The largest absolute Gasteiger partial charge is 0.371 e. The van der Waals surface area contributed by atoms with Gasteiger partial charge < -0.3 is 4.84 Å². The Morgan fingerprint density at radius 3 is 2.40 bits per heavy atom. The van der Waals surface area contributed by atoms with Gasteiger partial charge in [-0.25, -0.2) is 23.1 Å². The summed E-state index contributed by atoms with van der Waals surface area (Å²) in [4.78, 5) is 22.0. The number of alkyl halides is 2. The second-order valence-electron chi connectivity index (χ2n) is 6.45. The molecule has 6 nitrogen and oxygen atoms in total. The summed E-state index contributed by atoms with van der Waals surface area (Å²) in [5.74, 6) is -0.835. The molecule has 0 aliphatic rings. The lowest BCUT2D eigenvalue weighted by Crippen LogP contribution is -2.07. The predicted octanol–water partition coefficient (Wildman–Crippen LogP) is 4.91. The fourth-order valence-electron chi connectivity index (χ4n) is 2.93. The van der Waals surface area contributed by atoms with Crippen molar-refractivity contribution >= 4 is 17.3 Å². The van der Waals surface area contributed by atoms with E-state index in [9.17, 15) is 13.6 Å². The van der Waals surface area contributed by atoms with Crippen molar-refractivity contribution in [1.29, 1.82) is 0 Å². The van der Waals surface area contributed by atoms with Crippen LogP contribution in [0.3, 0.4) is 0 Å². The molecule has 2 aromatic carbocycles. The molecule has 0 amide bonds. The van der Waals surface area contributed by atoms with E-state index in [1.165, 1.54) is 6.07 Å². The van der Waals surface area contributed by atoms with Crippen molar-refractivity contribution in [3.05, 3.63) is 89.7 Å². The van der Waals surface area contributed by atoms with Gasteiger partial charge in [0.05, 0.1) is 17.6 Å². The van der Waals surface area contributed by atoms with Crippen LogP contribution in [0, 0.1) is 0 Å². The molecule has 0 aliphatic carbocycles. The molecule has 2 heterocycles. The van der Waals surface area contributed by atoms with Crippen molar-refractivity contribution in [3.63, 3.8) is 0 Å². The van der Waals surface area contributed by atoms with Gasteiger partial charge >= 0.3 is 5.97 Å². The average molecular weight is 406 g/mol. The highest BCUT2D eigenvalue weighted by Gasteiger charge is 2.22. The number of aromatic nitrogens is 3. The van der Waals surface area contributed by atoms with Crippen LogP contribution >= 0.6 is 0 Å². The molecule has 30 heavy (non-hydrogen) atoms. The van der Waals surface area contributed by atoms with E-state index in [1.54, 1.807) is 31.2 Å². The van der Waals surface area contributed by atoms with Gasteiger partial charge in [0.25, 0.3) is 6.43 Å². The Kier molecular flexibility index (Phi) is 5.30. The molecule has 2 aromatic heterocycles. The van der Waals surface area contributed by atoms with E-state index in [0.29, 0.717) is 17.0 Å². The van der Waals surface area contributed by atoms with Gasteiger partial charge in [0.2, 0.25) is 0 Å². The summed E-state index contributed by atoms with van der Waals surface area (Å²) in [5, 5.41) is 7.76. The maximum Gasteiger partial charge on any atom is 0.371 e. The van der Waals surface area contributed by atoms with Crippen LogP contribution in [0.5, 0.6) is 0 Å². The van der Waals surface area contributed by atoms with Crippen molar-refractivity contribution in [1.82, 2.24) is 14.6 Å². The number of halogens is 2. The molecule has 0 unspecified atom stereocenters. The molecule has 4 rings (SSSR count). The molecule has 8 heteroatoms. The second-order valence-corrected chi connectivity index (χ2v) is 6.45. The average Bonchev–Trinajstić information content (AvgIpc) is 3.21. The molecule has 0 N–H and O–H groups in total. The van der Waals surface area contributed by atoms with Crippen LogP contribution < -0.4 is 0 Å². The lowest BCUT2D eigenvalue weighted by atomic mass is 10.1. The molecule has 0 saturated carbocycles. The number of oxime groups is 1. The summed E-state index contributed by atoms with van der Waals surface area (Å²) in [6.45, 7) is 1.69. The Morgan fingerprint density at radius 2 is 1.73 bits per heavy atom. The first-order valence-corrected chi connectivity index (χ1v) is 9.08. The van der Waals surface area contributed by atoms with E-state index in [1.807, 2.05) is 36.4 Å². The molecule has 0 atom stereocenters. The fourth-order valence-corrected chi connectivity index (χ4v) is 2.93. The summed E-state index contributed by atoms with van der Waals surface area (Å²) in [7, 11) is 0. The molecular weight excluding hydrogens is 390 g/mol. The third-order valence-corrected chi connectivity index (χ3v) is 4.47. The van der Waals surface area contributed by atoms with E-state index < -0.39 is 12.4 Å². The van der Waals surface area contributed by atoms with E-state index >= 15 is 0 Å². The van der Waals surface area contributed by atoms with E-state index in [4.69, 9.17) is 4.84 Å². The van der Waals surface area contributed by atoms with Crippen LogP contribution in [0.4, 0.5) is 8.78 Å². The van der Waals surface area contributed by atoms with Gasteiger partial charge in [0.1, 0.15) is 11.3 Å². The molecule has 4 aromatic rings. The van der Waals surface area contributed by atoms with Crippen LogP contribution in [0.1, 0.15) is 35.0 Å². The van der Waals surface area contributed by atoms with Crippen LogP contribution in [0.15, 0.2) is 78.1 Å². The number of fused-ring (bicyclic) bond motifs is 1. The van der Waals surface area contributed by atoms with Crippen LogP contribution in [0.2, 0.25) is 0 Å². The van der Waals surface area contributed by atoms with Gasteiger partial charge in [-0.1, -0.05) is 65.8 Å². The van der Waals surface area contributed by atoms with Crippen LogP contribution in [-0.4, -0.2) is 26.3 Å². The second kappa shape index (κ2) is 8.20.